The van der Waals surface area contributed by atoms with Gasteiger partial charge in [0.15, 0.2) is 0 Å². The van der Waals surface area contributed by atoms with Crippen molar-refractivity contribution in [3.8, 4) is 0 Å². The smallest absolute Gasteiger partial charge is 0.0420 e. The zero-order valence-electron chi connectivity index (χ0n) is 10.6. The molecule has 0 fully saturated rings. The number of aryl methyl sites for hydroxylation is 1. The van der Waals surface area contributed by atoms with Gasteiger partial charge in [0.25, 0.3) is 0 Å². The Hall–Kier alpha value is -1.15. The third kappa shape index (κ3) is 3.78. The highest BCUT2D eigenvalue weighted by Gasteiger charge is 2.12. The van der Waals surface area contributed by atoms with Gasteiger partial charge in [-0.05, 0) is 44.9 Å². The molecule has 16 heavy (non-hydrogen) atoms. The quantitative estimate of drug-likeness (QED) is 0.740. The van der Waals surface area contributed by atoms with Gasteiger partial charge in [0, 0.05) is 17.9 Å². The molecule has 0 spiro atoms. The van der Waals surface area contributed by atoms with Crippen LogP contribution in [0.2, 0.25) is 0 Å². The first-order valence-electron chi connectivity index (χ1n) is 5.94. The summed E-state index contributed by atoms with van der Waals surface area (Å²) in [6.45, 7) is 11.2. The van der Waals surface area contributed by atoms with Crippen LogP contribution in [0.1, 0.15) is 44.0 Å². The highest BCUT2D eigenvalue weighted by atomic mass is 14.9. The summed E-state index contributed by atoms with van der Waals surface area (Å²) in [5, 5.41) is 3.51. The molecule has 2 nitrogen and oxygen atoms in total. The Morgan fingerprint density at radius 3 is 2.88 bits per heavy atom. The van der Waals surface area contributed by atoms with Crippen molar-refractivity contribution < 1.29 is 0 Å². The van der Waals surface area contributed by atoms with Gasteiger partial charge >= 0.3 is 0 Å². The van der Waals surface area contributed by atoms with E-state index in [1.807, 2.05) is 12.3 Å². The van der Waals surface area contributed by atoms with Crippen molar-refractivity contribution in [2.75, 3.05) is 6.54 Å². The molecule has 1 aromatic rings. The lowest BCUT2D eigenvalue weighted by molar-refractivity contribution is 0.511. The number of aromatic nitrogens is 1. The lowest BCUT2D eigenvalue weighted by Crippen LogP contribution is -2.22. The van der Waals surface area contributed by atoms with Crippen LogP contribution in [0.5, 0.6) is 0 Å². The van der Waals surface area contributed by atoms with Crippen LogP contribution in [-0.4, -0.2) is 11.5 Å². The van der Waals surface area contributed by atoms with E-state index in [1.165, 1.54) is 11.1 Å². The van der Waals surface area contributed by atoms with Crippen molar-refractivity contribution >= 4 is 0 Å². The van der Waals surface area contributed by atoms with Crippen molar-refractivity contribution in [1.29, 1.82) is 0 Å². The average Bonchev–Trinajstić information content (AvgIpc) is 2.25. The third-order valence-electron chi connectivity index (χ3n) is 2.73. The molecule has 1 unspecified atom stereocenters. The minimum atomic E-state index is 0.399. The Kier molecular flexibility index (Phi) is 5.20. The largest absolute Gasteiger partial charge is 0.310 e. The summed E-state index contributed by atoms with van der Waals surface area (Å²) in [7, 11) is 0. The summed E-state index contributed by atoms with van der Waals surface area (Å²) in [6, 6.07) is 4.57. The minimum absolute atomic E-state index is 0.399. The van der Waals surface area contributed by atoms with Crippen LogP contribution in [0.4, 0.5) is 0 Å². The Morgan fingerprint density at radius 2 is 2.31 bits per heavy atom. The number of nitrogens with one attached hydrogen (secondary N) is 1. The summed E-state index contributed by atoms with van der Waals surface area (Å²) in [5.41, 5.74) is 3.67. The number of allylic oxidation sites excluding steroid dienone is 1. The number of pyridine rings is 1. The summed E-state index contributed by atoms with van der Waals surface area (Å²) < 4.78 is 0. The zero-order chi connectivity index (χ0) is 12.0. The molecule has 1 heterocycles. The van der Waals surface area contributed by atoms with Gasteiger partial charge in [-0.15, -0.1) is 6.58 Å². The highest BCUT2D eigenvalue weighted by Crippen LogP contribution is 2.22. The monoisotopic (exact) mass is 218 g/mol. The Morgan fingerprint density at radius 1 is 1.56 bits per heavy atom. The van der Waals surface area contributed by atoms with Crippen molar-refractivity contribution in [3.63, 3.8) is 0 Å². The molecule has 1 N–H and O–H groups in total. The molecule has 0 aliphatic rings. The van der Waals surface area contributed by atoms with Crippen molar-refractivity contribution in [2.45, 2.75) is 39.7 Å². The zero-order valence-corrected chi connectivity index (χ0v) is 10.6. The maximum Gasteiger partial charge on any atom is 0.0420 e. The van der Waals surface area contributed by atoms with Crippen LogP contribution in [0, 0.1) is 6.92 Å². The molecule has 0 saturated heterocycles. The lowest BCUT2D eigenvalue weighted by atomic mass is 9.99. The standard InChI is InChI=1S/C14H22N2/c1-5-15-14(9-8-11(2)3)13-7-6-10-16-12(13)4/h6-7,10,14-15H,2,5,8-9H2,1,3-4H3. The fraction of sp³-hybridized carbons (Fsp3) is 0.500. The van der Waals surface area contributed by atoms with Crippen LogP contribution in [0.15, 0.2) is 30.5 Å². The molecule has 0 aromatic carbocycles. The molecular weight excluding hydrogens is 196 g/mol. The van der Waals surface area contributed by atoms with E-state index >= 15 is 0 Å². The van der Waals surface area contributed by atoms with Gasteiger partial charge in [0.05, 0.1) is 0 Å². The molecule has 1 aromatic heterocycles. The van der Waals surface area contributed by atoms with E-state index in [1.54, 1.807) is 0 Å². The molecular formula is C14H22N2. The second-order valence-electron chi connectivity index (χ2n) is 4.28. The Labute approximate surface area is 98.8 Å². The van der Waals surface area contributed by atoms with E-state index in [0.717, 1.165) is 25.1 Å². The van der Waals surface area contributed by atoms with Gasteiger partial charge in [0.1, 0.15) is 0 Å². The summed E-state index contributed by atoms with van der Waals surface area (Å²) in [4.78, 5) is 4.35. The number of rotatable bonds is 6. The Bertz CT molecular complexity index is 344. The Balaban J connectivity index is 2.76. The highest BCUT2D eigenvalue weighted by molar-refractivity contribution is 5.22. The summed E-state index contributed by atoms with van der Waals surface area (Å²) in [5.74, 6) is 0. The molecule has 0 saturated carbocycles. The summed E-state index contributed by atoms with van der Waals surface area (Å²) in [6.07, 6.45) is 4.00. The molecule has 0 amide bonds. The van der Waals surface area contributed by atoms with Crippen LogP contribution >= 0.6 is 0 Å². The number of hydrogen-bond donors (Lipinski definition) is 1. The third-order valence-corrected chi connectivity index (χ3v) is 2.73. The van der Waals surface area contributed by atoms with Gasteiger partial charge in [-0.1, -0.05) is 18.6 Å². The maximum absolute atomic E-state index is 4.35. The molecule has 1 rings (SSSR count). The van der Waals surface area contributed by atoms with Crippen molar-refractivity contribution in [3.05, 3.63) is 41.7 Å². The molecule has 2 heteroatoms. The minimum Gasteiger partial charge on any atom is -0.310 e. The van der Waals surface area contributed by atoms with Gasteiger partial charge in [-0.3, -0.25) is 4.98 Å². The van der Waals surface area contributed by atoms with E-state index in [-0.39, 0.29) is 0 Å². The van der Waals surface area contributed by atoms with Crippen LogP contribution in [0.25, 0.3) is 0 Å². The SMILES string of the molecule is C=C(C)CCC(NCC)c1cccnc1C. The second kappa shape index (κ2) is 6.44. The van der Waals surface area contributed by atoms with E-state index in [4.69, 9.17) is 0 Å². The van der Waals surface area contributed by atoms with Gasteiger partial charge < -0.3 is 5.32 Å². The predicted octanol–water partition coefficient (Wildman–Crippen LogP) is 3.40. The first kappa shape index (κ1) is 12.9. The molecule has 0 aliphatic carbocycles. The van der Waals surface area contributed by atoms with E-state index in [0.29, 0.717) is 6.04 Å². The normalized spacial score (nSPS) is 12.4. The molecule has 1 atom stereocenters. The van der Waals surface area contributed by atoms with Crippen LogP contribution in [0.3, 0.4) is 0 Å². The topological polar surface area (TPSA) is 24.9 Å². The fourth-order valence-corrected chi connectivity index (χ4v) is 1.87. The molecule has 0 radical (unpaired) electrons. The number of hydrogen-bond acceptors (Lipinski definition) is 2. The van der Waals surface area contributed by atoms with Crippen molar-refractivity contribution in [1.82, 2.24) is 10.3 Å². The maximum atomic E-state index is 4.35. The second-order valence-corrected chi connectivity index (χ2v) is 4.28. The van der Waals surface area contributed by atoms with E-state index in [2.05, 4.69) is 43.7 Å². The number of nitrogens with zero attached hydrogens (tertiary/aromatic N) is 1. The molecule has 0 bridgehead atoms. The summed E-state index contributed by atoms with van der Waals surface area (Å²) >= 11 is 0. The average molecular weight is 218 g/mol. The predicted molar refractivity (Wildman–Crippen MR) is 69.4 cm³/mol. The van der Waals surface area contributed by atoms with Gasteiger partial charge in [-0.25, -0.2) is 0 Å². The molecule has 0 aliphatic heterocycles. The van der Waals surface area contributed by atoms with Crippen molar-refractivity contribution in [2.24, 2.45) is 0 Å². The lowest BCUT2D eigenvalue weighted by Gasteiger charge is -2.19. The van der Waals surface area contributed by atoms with Gasteiger partial charge in [-0.2, -0.15) is 0 Å². The van der Waals surface area contributed by atoms with E-state index in [9.17, 15) is 0 Å². The molecule has 88 valence electrons. The van der Waals surface area contributed by atoms with Crippen LogP contribution in [-0.2, 0) is 0 Å². The first-order chi connectivity index (χ1) is 7.65. The van der Waals surface area contributed by atoms with Gasteiger partial charge in [0.2, 0.25) is 0 Å². The van der Waals surface area contributed by atoms with E-state index < -0.39 is 0 Å². The van der Waals surface area contributed by atoms with Crippen LogP contribution < -0.4 is 5.32 Å². The first-order valence-corrected chi connectivity index (χ1v) is 5.94. The fourth-order valence-electron chi connectivity index (χ4n) is 1.87.